The van der Waals surface area contributed by atoms with E-state index in [2.05, 4.69) is 24.3 Å². The van der Waals surface area contributed by atoms with Gasteiger partial charge in [-0.05, 0) is 11.5 Å². The average Bonchev–Trinajstić information content (AvgIpc) is 2.61. The molecule has 3 nitrogen and oxygen atoms in total. The monoisotopic (exact) mass is 306 g/mol. The molecule has 1 heterocycles. The van der Waals surface area contributed by atoms with Crippen LogP contribution in [0.15, 0.2) is 60.7 Å². The Morgan fingerprint density at radius 2 is 1.74 bits per heavy atom. The second kappa shape index (κ2) is 5.60. The molecule has 1 aliphatic rings. The summed E-state index contributed by atoms with van der Waals surface area (Å²) in [7, 11) is 1.68. The van der Waals surface area contributed by atoms with Gasteiger partial charge in [-0.1, -0.05) is 54.6 Å². The van der Waals surface area contributed by atoms with E-state index in [0.29, 0.717) is 6.42 Å². The lowest BCUT2D eigenvalue weighted by Gasteiger charge is -2.31. The van der Waals surface area contributed by atoms with E-state index in [1.165, 1.54) is 0 Å². The Morgan fingerprint density at radius 1 is 0.957 bits per heavy atom. The zero-order chi connectivity index (χ0) is 15.8. The molecule has 0 saturated carbocycles. The van der Waals surface area contributed by atoms with E-state index in [4.69, 9.17) is 9.47 Å². The fraction of sp³-hybridized carbons (Fsp3) is 0.200. The first kappa shape index (κ1) is 14.1. The van der Waals surface area contributed by atoms with Crippen LogP contribution in [0.2, 0.25) is 0 Å². The third-order valence-corrected chi connectivity index (χ3v) is 4.49. The van der Waals surface area contributed by atoms with Gasteiger partial charge in [-0.15, -0.1) is 0 Å². The molecular formula is C20H18O3. The normalized spacial score (nSPS) is 19.9. The van der Waals surface area contributed by atoms with Crippen LogP contribution in [0.3, 0.4) is 0 Å². The van der Waals surface area contributed by atoms with E-state index < -0.39 is 6.29 Å². The highest BCUT2D eigenvalue weighted by molar-refractivity contribution is 5.90. The van der Waals surface area contributed by atoms with Crippen LogP contribution in [0.25, 0.3) is 10.8 Å². The smallest absolute Gasteiger partial charge is 0.198 e. The van der Waals surface area contributed by atoms with Crippen molar-refractivity contribution in [3.05, 3.63) is 71.8 Å². The molecule has 3 heteroatoms. The fourth-order valence-electron chi connectivity index (χ4n) is 3.43. The Kier molecular flexibility index (Phi) is 3.43. The van der Waals surface area contributed by atoms with E-state index in [0.717, 1.165) is 33.4 Å². The van der Waals surface area contributed by atoms with Crippen LogP contribution in [0.1, 0.15) is 23.5 Å². The number of hydrogen-bond acceptors (Lipinski definition) is 3. The van der Waals surface area contributed by atoms with Crippen molar-refractivity contribution in [2.24, 2.45) is 0 Å². The summed E-state index contributed by atoms with van der Waals surface area (Å²) >= 11 is 0. The number of ether oxygens (including phenoxy) is 2. The van der Waals surface area contributed by atoms with Crippen molar-refractivity contribution >= 4 is 10.8 Å². The number of rotatable bonds is 2. The molecule has 23 heavy (non-hydrogen) atoms. The zero-order valence-corrected chi connectivity index (χ0v) is 12.9. The first-order valence-electron chi connectivity index (χ1n) is 7.77. The molecule has 0 spiro atoms. The lowest BCUT2D eigenvalue weighted by Crippen LogP contribution is -2.26. The van der Waals surface area contributed by atoms with Crippen LogP contribution in [-0.4, -0.2) is 18.5 Å². The summed E-state index contributed by atoms with van der Waals surface area (Å²) in [5.74, 6) is 1.66. The highest BCUT2D eigenvalue weighted by Crippen LogP contribution is 2.45. The molecule has 3 aromatic carbocycles. The van der Waals surface area contributed by atoms with E-state index >= 15 is 0 Å². The molecule has 0 aliphatic carbocycles. The molecule has 1 N–H and O–H groups in total. The number of aliphatic hydroxyl groups is 1. The van der Waals surface area contributed by atoms with Gasteiger partial charge >= 0.3 is 0 Å². The van der Waals surface area contributed by atoms with Gasteiger partial charge in [0.2, 0.25) is 0 Å². The zero-order valence-electron chi connectivity index (χ0n) is 12.9. The van der Waals surface area contributed by atoms with Gasteiger partial charge in [0.15, 0.2) is 6.29 Å². The van der Waals surface area contributed by atoms with Crippen molar-refractivity contribution in [3.63, 3.8) is 0 Å². The first-order valence-corrected chi connectivity index (χ1v) is 7.77. The lowest BCUT2D eigenvalue weighted by atomic mass is 9.84. The van der Waals surface area contributed by atoms with Crippen LogP contribution >= 0.6 is 0 Å². The average molecular weight is 306 g/mol. The second-order valence-corrected chi connectivity index (χ2v) is 5.81. The van der Waals surface area contributed by atoms with Crippen LogP contribution < -0.4 is 9.47 Å². The lowest BCUT2D eigenvalue weighted by molar-refractivity contribution is -0.0348. The Hall–Kier alpha value is -2.52. The van der Waals surface area contributed by atoms with E-state index in [1.54, 1.807) is 7.11 Å². The largest absolute Gasteiger partial charge is 0.496 e. The molecule has 3 aromatic rings. The molecule has 0 bridgehead atoms. The maximum absolute atomic E-state index is 10.2. The van der Waals surface area contributed by atoms with Gasteiger partial charge in [0.1, 0.15) is 11.5 Å². The van der Waals surface area contributed by atoms with Crippen LogP contribution in [0.5, 0.6) is 11.5 Å². The third kappa shape index (κ3) is 2.34. The van der Waals surface area contributed by atoms with Crippen molar-refractivity contribution in [3.8, 4) is 11.5 Å². The number of aliphatic hydroxyl groups excluding tert-OH is 1. The van der Waals surface area contributed by atoms with Gasteiger partial charge in [-0.25, -0.2) is 0 Å². The summed E-state index contributed by atoms with van der Waals surface area (Å²) in [5.41, 5.74) is 2.17. The van der Waals surface area contributed by atoms with Gasteiger partial charge in [0.25, 0.3) is 0 Å². The quantitative estimate of drug-likeness (QED) is 0.775. The van der Waals surface area contributed by atoms with Gasteiger partial charge in [-0.3, -0.25) is 0 Å². The first-order chi connectivity index (χ1) is 11.3. The topological polar surface area (TPSA) is 38.7 Å². The molecule has 0 unspecified atom stereocenters. The number of fused-ring (bicyclic) bond motifs is 3. The maximum Gasteiger partial charge on any atom is 0.198 e. The van der Waals surface area contributed by atoms with Crippen molar-refractivity contribution in [1.29, 1.82) is 0 Å². The van der Waals surface area contributed by atoms with Crippen LogP contribution in [-0.2, 0) is 0 Å². The molecule has 0 fully saturated rings. The molecule has 1 aliphatic heterocycles. The standard InChI is InChI=1S/C20H18O3/c1-22-18-9-5-4-8-15(18)17-12-19(21)23-20-14-7-3-2-6-13(14)10-11-16(17)20/h2-11,17,19,21H,12H2,1H3/t17-,19-/m0/s1. The Morgan fingerprint density at radius 3 is 2.61 bits per heavy atom. The highest BCUT2D eigenvalue weighted by Gasteiger charge is 2.31. The Balaban J connectivity index is 1.93. The van der Waals surface area contributed by atoms with E-state index in [-0.39, 0.29) is 5.92 Å². The van der Waals surface area contributed by atoms with Crippen molar-refractivity contribution < 1.29 is 14.6 Å². The molecule has 2 atom stereocenters. The summed E-state index contributed by atoms with van der Waals surface area (Å²) in [6.45, 7) is 0. The number of hydrogen-bond donors (Lipinski definition) is 1. The molecule has 0 radical (unpaired) electrons. The Labute approximate surface area is 135 Å². The predicted octanol–water partition coefficient (Wildman–Crippen LogP) is 4.08. The molecule has 4 rings (SSSR count). The minimum atomic E-state index is -0.816. The SMILES string of the molecule is COc1ccccc1[C@@H]1C[C@@H](O)Oc2c1ccc1ccccc21. The summed E-state index contributed by atoms with van der Waals surface area (Å²) < 4.78 is 11.3. The van der Waals surface area contributed by atoms with Crippen LogP contribution in [0.4, 0.5) is 0 Å². The van der Waals surface area contributed by atoms with E-state index in [1.807, 2.05) is 36.4 Å². The van der Waals surface area contributed by atoms with Crippen molar-refractivity contribution in [2.45, 2.75) is 18.6 Å². The maximum atomic E-state index is 10.2. The van der Waals surface area contributed by atoms with Crippen molar-refractivity contribution in [2.75, 3.05) is 7.11 Å². The molecule has 0 amide bonds. The highest BCUT2D eigenvalue weighted by atomic mass is 16.6. The summed E-state index contributed by atoms with van der Waals surface area (Å²) in [5, 5.41) is 12.4. The summed E-state index contributed by atoms with van der Waals surface area (Å²) in [6.07, 6.45) is -0.297. The third-order valence-electron chi connectivity index (χ3n) is 4.49. The predicted molar refractivity (Wildman–Crippen MR) is 90.0 cm³/mol. The molecule has 0 aromatic heterocycles. The number of benzene rings is 3. The van der Waals surface area contributed by atoms with Gasteiger partial charge in [-0.2, -0.15) is 0 Å². The number of para-hydroxylation sites is 1. The Bertz CT molecular complexity index is 856. The van der Waals surface area contributed by atoms with E-state index in [9.17, 15) is 5.11 Å². The molecule has 116 valence electrons. The van der Waals surface area contributed by atoms with Crippen molar-refractivity contribution in [1.82, 2.24) is 0 Å². The summed E-state index contributed by atoms with van der Waals surface area (Å²) in [6, 6.07) is 20.3. The minimum Gasteiger partial charge on any atom is -0.496 e. The van der Waals surface area contributed by atoms with Gasteiger partial charge in [0.05, 0.1) is 7.11 Å². The van der Waals surface area contributed by atoms with Gasteiger partial charge < -0.3 is 14.6 Å². The molecule has 0 saturated heterocycles. The second-order valence-electron chi connectivity index (χ2n) is 5.81. The van der Waals surface area contributed by atoms with Gasteiger partial charge in [0, 0.05) is 28.9 Å². The minimum absolute atomic E-state index is 0.0505. The van der Waals surface area contributed by atoms with Crippen LogP contribution in [0, 0.1) is 0 Å². The fourth-order valence-corrected chi connectivity index (χ4v) is 3.43. The summed E-state index contributed by atoms with van der Waals surface area (Å²) in [4.78, 5) is 0. The molecular weight excluding hydrogens is 288 g/mol. The number of methoxy groups -OCH3 is 1.